The molecular weight excluding hydrogens is 262 g/mol. The molecule has 3 atom stereocenters. The first-order valence-electron chi connectivity index (χ1n) is 6.65. The standard InChI is InChI=1S/C12H21N5OS/c1-8-5-9(2)7-17(6-8)11(18)10(3)19-12-13-14-15-16(12)4/h8-10H,5-7H2,1-4H3. The van der Waals surface area contributed by atoms with Gasteiger partial charge >= 0.3 is 0 Å². The zero-order valence-electron chi connectivity index (χ0n) is 11.9. The molecule has 0 saturated carbocycles. The fourth-order valence-electron chi connectivity index (χ4n) is 2.63. The van der Waals surface area contributed by atoms with Crippen LogP contribution >= 0.6 is 11.8 Å². The predicted molar refractivity (Wildman–Crippen MR) is 73.6 cm³/mol. The fourth-order valence-corrected chi connectivity index (χ4v) is 3.47. The van der Waals surface area contributed by atoms with Gasteiger partial charge in [0.25, 0.3) is 0 Å². The molecule has 1 saturated heterocycles. The Bertz CT molecular complexity index is 439. The highest BCUT2D eigenvalue weighted by Crippen LogP contribution is 2.25. The van der Waals surface area contributed by atoms with E-state index in [9.17, 15) is 4.79 Å². The van der Waals surface area contributed by atoms with E-state index in [1.165, 1.54) is 18.2 Å². The average Bonchev–Trinajstić information content (AvgIpc) is 2.72. The first kappa shape index (κ1) is 14.3. The van der Waals surface area contributed by atoms with Gasteiger partial charge in [0, 0.05) is 20.1 Å². The van der Waals surface area contributed by atoms with Crippen molar-refractivity contribution in [2.75, 3.05) is 13.1 Å². The SMILES string of the molecule is CC1CC(C)CN(C(=O)C(C)Sc2nnnn2C)C1. The molecule has 0 bridgehead atoms. The van der Waals surface area contributed by atoms with Crippen LogP contribution in [0.15, 0.2) is 5.16 Å². The number of hydrogen-bond donors (Lipinski definition) is 0. The maximum absolute atomic E-state index is 12.5. The van der Waals surface area contributed by atoms with E-state index in [-0.39, 0.29) is 11.2 Å². The first-order chi connectivity index (χ1) is 8.97. The number of piperidine rings is 1. The lowest BCUT2D eigenvalue weighted by atomic mass is 9.92. The van der Waals surface area contributed by atoms with Crippen LogP contribution < -0.4 is 0 Å². The molecule has 0 aliphatic carbocycles. The van der Waals surface area contributed by atoms with Gasteiger partial charge in [-0.05, 0) is 35.6 Å². The summed E-state index contributed by atoms with van der Waals surface area (Å²) in [6.45, 7) is 8.07. The normalized spacial score (nSPS) is 25.4. The summed E-state index contributed by atoms with van der Waals surface area (Å²) in [5.41, 5.74) is 0. The Morgan fingerprint density at radius 1 is 1.37 bits per heavy atom. The molecule has 0 radical (unpaired) electrons. The molecule has 6 nitrogen and oxygen atoms in total. The van der Waals surface area contributed by atoms with Crippen LogP contribution in [0.25, 0.3) is 0 Å². The second kappa shape index (κ2) is 5.90. The van der Waals surface area contributed by atoms with Crippen LogP contribution in [0, 0.1) is 11.8 Å². The molecule has 19 heavy (non-hydrogen) atoms. The molecule has 1 aromatic rings. The van der Waals surface area contributed by atoms with Crippen molar-refractivity contribution < 1.29 is 4.79 Å². The summed E-state index contributed by atoms with van der Waals surface area (Å²) in [5, 5.41) is 11.8. The third kappa shape index (κ3) is 3.46. The van der Waals surface area contributed by atoms with Gasteiger partial charge in [-0.3, -0.25) is 4.79 Å². The third-order valence-corrected chi connectivity index (χ3v) is 4.50. The van der Waals surface area contributed by atoms with Crippen molar-refractivity contribution in [3.05, 3.63) is 0 Å². The second-order valence-electron chi connectivity index (χ2n) is 5.53. The number of aromatic nitrogens is 4. The van der Waals surface area contributed by atoms with E-state index in [0.29, 0.717) is 17.0 Å². The molecule has 1 aliphatic heterocycles. The highest BCUT2D eigenvalue weighted by Gasteiger charge is 2.29. The van der Waals surface area contributed by atoms with Crippen LogP contribution in [0.4, 0.5) is 0 Å². The zero-order valence-corrected chi connectivity index (χ0v) is 12.7. The molecule has 1 aliphatic rings. The second-order valence-corrected chi connectivity index (χ2v) is 6.84. The minimum absolute atomic E-state index is 0.151. The van der Waals surface area contributed by atoms with Gasteiger partial charge in [-0.2, -0.15) is 0 Å². The van der Waals surface area contributed by atoms with Crippen LogP contribution in [0.5, 0.6) is 0 Å². The molecular formula is C12H21N5OS. The Hall–Kier alpha value is -1.11. The number of aryl methyl sites for hydroxylation is 1. The summed E-state index contributed by atoms with van der Waals surface area (Å²) in [6, 6.07) is 0. The van der Waals surface area contributed by atoms with Crippen LogP contribution in [-0.2, 0) is 11.8 Å². The number of hydrogen-bond acceptors (Lipinski definition) is 5. The quantitative estimate of drug-likeness (QED) is 0.780. The molecule has 106 valence electrons. The van der Waals surface area contributed by atoms with Gasteiger partial charge in [0.1, 0.15) is 0 Å². The van der Waals surface area contributed by atoms with Crippen molar-refractivity contribution >= 4 is 17.7 Å². The van der Waals surface area contributed by atoms with E-state index in [4.69, 9.17) is 0 Å². The van der Waals surface area contributed by atoms with Crippen LogP contribution in [0.1, 0.15) is 27.2 Å². The number of rotatable bonds is 3. The Balaban J connectivity index is 1.97. The molecule has 1 fully saturated rings. The fraction of sp³-hybridized carbons (Fsp3) is 0.833. The Morgan fingerprint density at radius 3 is 2.53 bits per heavy atom. The maximum Gasteiger partial charge on any atom is 0.235 e. The monoisotopic (exact) mass is 283 g/mol. The van der Waals surface area contributed by atoms with Crippen molar-refractivity contribution in [3.63, 3.8) is 0 Å². The van der Waals surface area contributed by atoms with Gasteiger partial charge in [0.15, 0.2) is 0 Å². The van der Waals surface area contributed by atoms with Crippen LogP contribution in [0.3, 0.4) is 0 Å². The van der Waals surface area contributed by atoms with Gasteiger partial charge < -0.3 is 4.90 Å². The molecule has 3 unspecified atom stereocenters. The van der Waals surface area contributed by atoms with E-state index >= 15 is 0 Å². The molecule has 1 aromatic heterocycles. The van der Waals surface area contributed by atoms with E-state index in [1.807, 2.05) is 11.8 Å². The molecule has 2 rings (SSSR count). The van der Waals surface area contributed by atoms with E-state index < -0.39 is 0 Å². The van der Waals surface area contributed by atoms with Crippen molar-refractivity contribution in [1.29, 1.82) is 0 Å². The molecule has 1 amide bonds. The van der Waals surface area contributed by atoms with Crippen LogP contribution in [-0.4, -0.2) is 49.4 Å². The number of carbonyl (C=O) groups is 1. The smallest absolute Gasteiger partial charge is 0.235 e. The lowest BCUT2D eigenvalue weighted by molar-refractivity contribution is -0.132. The Kier molecular flexibility index (Phi) is 4.44. The lowest BCUT2D eigenvalue weighted by Crippen LogP contribution is -2.45. The average molecular weight is 283 g/mol. The summed E-state index contributed by atoms with van der Waals surface area (Å²) in [4.78, 5) is 14.4. The van der Waals surface area contributed by atoms with Gasteiger partial charge in [-0.25, -0.2) is 4.68 Å². The minimum atomic E-state index is -0.151. The Labute approximate surface area is 117 Å². The number of likely N-dealkylation sites (tertiary alicyclic amines) is 1. The van der Waals surface area contributed by atoms with E-state index in [2.05, 4.69) is 29.4 Å². The highest BCUT2D eigenvalue weighted by atomic mass is 32.2. The summed E-state index contributed by atoms with van der Waals surface area (Å²) in [5.74, 6) is 1.36. The number of carbonyl (C=O) groups excluding carboxylic acids is 1. The van der Waals surface area contributed by atoms with Crippen molar-refractivity contribution in [2.24, 2.45) is 18.9 Å². The molecule has 0 spiro atoms. The van der Waals surface area contributed by atoms with Crippen molar-refractivity contribution in [3.8, 4) is 0 Å². The number of nitrogens with zero attached hydrogens (tertiary/aromatic N) is 5. The van der Waals surface area contributed by atoms with Crippen LogP contribution in [0.2, 0.25) is 0 Å². The summed E-state index contributed by atoms with van der Waals surface area (Å²) in [7, 11) is 1.78. The van der Waals surface area contributed by atoms with Gasteiger partial charge in [0.2, 0.25) is 11.1 Å². The van der Waals surface area contributed by atoms with Crippen molar-refractivity contribution in [1.82, 2.24) is 25.1 Å². The Morgan fingerprint density at radius 2 is 2.00 bits per heavy atom. The third-order valence-electron chi connectivity index (χ3n) is 3.39. The van der Waals surface area contributed by atoms with E-state index in [0.717, 1.165) is 13.1 Å². The largest absolute Gasteiger partial charge is 0.341 e. The van der Waals surface area contributed by atoms with Gasteiger partial charge in [0.05, 0.1) is 5.25 Å². The molecule has 0 N–H and O–H groups in total. The molecule has 0 aromatic carbocycles. The van der Waals surface area contributed by atoms with Crippen molar-refractivity contribution in [2.45, 2.75) is 37.6 Å². The minimum Gasteiger partial charge on any atom is -0.341 e. The number of amides is 1. The van der Waals surface area contributed by atoms with Gasteiger partial charge in [-0.1, -0.05) is 25.6 Å². The maximum atomic E-state index is 12.5. The lowest BCUT2D eigenvalue weighted by Gasteiger charge is -2.36. The highest BCUT2D eigenvalue weighted by molar-refractivity contribution is 8.00. The number of tetrazole rings is 1. The summed E-state index contributed by atoms with van der Waals surface area (Å²) in [6.07, 6.45) is 1.21. The zero-order chi connectivity index (χ0) is 14.0. The summed E-state index contributed by atoms with van der Waals surface area (Å²) < 4.78 is 1.59. The van der Waals surface area contributed by atoms with Gasteiger partial charge in [-0.15, -0.1) is 5.10 Å². The molecule has 7 heteroatoms. The first-order valence-corrected chi connectivity index (χ1v) is 7.53. The number of thioether (sulfide) groups is 1. The van der Waals surface area contributed by atoms with E-state index in [1.54, 1.807) is 11.7 Å². The summed E-state index contributed by atoms with van der Waals surface area (Å²) >= 11 is 1.42. The predicted octanol–water partition coefficient (Wildman–Crippen LogP) is 1.20. The molecule has 2 heterocycles. The topological polar surface area (TPSA) is 63.9 Å².